The lowest BCUT2D eigenvalue weighted by Gasteiger charge is -2.32. The lowest BCUT2D eigenvalue weighted by atomic mass is 9.90. The standard InChI is InChI=1S/C28H34N2O.2ClH/c1-3-8-24(9-4-1)22-25-16-20-30(21-17-25)19-7-18-29-27-12-14-28(15-13-27)31-23-26-10-5-2-6-11-26;;/h1-6,8-15,25,29H,7,16-23H2;2*1H. The quantitative estimate of drug-likeness (QED) is 0.316. The van der Waals surface area contributed by atoms with Gasteiger partial charge in [0.25, 0.3) is 0 Å². The minimum atomic E-state index is 0. The lowest BCUT2D eigenvalue weighted by molar-refractivity contribution is 0.183. The highest BCUT2D eigenvalue weighted by Crippen LogP contribution is 2.22. The molecule has 0 bridgehead atoms. The summed E-state index contributed by atoms with van der Waals surface area (Å²) >= 11 is 0. The number of anilines is 1. The summed E-state index contributed by atoms with van der Waals surface area (Å²) in [6, 6.07) is 29.5. The summed E-state index contributed by atoms with van der Waals surface area (Å²) in [6.07, 6.45) is 5.07. The average molecular weight is 488 g/mol. The summed E-state index contributed by atoms with van der Waals surface area (Å²) < 4.78 is 5.86. The molecule has 0 saturated carbocycles. The predicted molar refractivity (Wildman–Crippen MR) is 144 cm³/mol. The van der Waals surface area contributed by atoms with E-state index in [-0.39, 0.29) is 24.8 Å². The zero-order chi connectivity index (χ0) is 21.1. The Morgan fingerprint density at radius 1 is 0.758 bits per heavy atom. The van der Waals surface area contributed by atoms with Gasteiger partial charge in [-0.05, 0) is 86.6 Å². The Labute approximate surface area is 211 Å². The summed E-state index contributed by atoms with van der Waals surface area (Å²) in [5.74, 6) is 1.76. The Morgan fingerprint density at radius 2 is 1.36 bits per heavy atom. The predicted octanol–water partition coefficient (Wildman–Crippen LogP) is 6.87. The van der Waals surface area contributed by atoms with Crippen LogP contribution in [-0.4, -0.2) is 31.1 Å². The van der Waals surface area contributed by atoms with Gasteiger partial charge in [0.2, 0.25) is 0 Å². The molecule has 178 valence electrons. The maximum Gasteiger partial charge on any atom is 0.119 e. The lowest BCUT2D eigenvalue weighted by Crippen LogP contribution is -2.35. The van der Waals surface area contributed by atoms with Crippen molar-refractivity contribution in [2.24, 2.45) is 5.92 Å². The van der Waals surface area contributed by atoms with Crippen molar-refractivity contribution >= 4 is 30.5 Å². The minimum Gasteiger partial charge on any atom is -0.489 e. The van der Waals surface area contributed by atoms with Crippen LogP contribution in [0.3, 0.4) is 0 Å². The van der Waals surface area contributed by atoms with E-state index in [9.17, 15) is 0 Å². The molecule has 33 heavy (non-hydrogen) atoms. The second kappa shape index (κ2) is 14.8. The SMILES string of the molecule is Cl.Cl.c1ccc(COc2ccc(NCCCN3CCC(Cc4ccccc4)CC3)cc2)cc1. The summed E-state index contributed by atoms with van der Waals surface area (Å²) in [5, 5.41) is 3.54. The first-order valence-electron chi connectivity index (χ1n) is 11.6. The molecule has 0 aliphatic carbocycles. The van der Waals surface area contributed by atoms with E-state index in [2.05, 4.69) is 64.8 Å². The van der Waals surface area contributed by atoms with E-state index in [1.807, 2.05) is 30.3 Å². The van der Waals surface area contributed by atoms with Crippen molar-refractivity contribution in [2.75, 3.05) is 31.5 Å². The third-order valence-corrected chi connectivity index (χ3v) is 6.16. The maximum atomic E-state index is 5.86. The number of nitrogens with zero attached hydrogens (tertiary/aromatic N) is 1. The summed E-state index contributed by atoms with van der Waals surface area (Å²) in [5.41, 5.74) is 3.84. The molecule has 1 fully saturated rings. The van der Waals surface area contributed by atoms with Gasteiger partial charge in [-0.3, -0.25) is 0 Å². The van der Waals surface area contributed by atoms with Crippen LogP contribution in [0.2, 0.25) is 0 Å². The zero-order valence-corrected chi connectivity index (χ0v) is 20.8. The van der Waals surface area contributed by atoms with E-state index >= 15 is 0 Å². The number of hydrogen-bond donors (Lipinski definition) is 1. The molecule has 1 heterocycles. The van der Waals surface area contributed by atoms with Crippen LogP contribution >= 0.6 is 24.8 Å². The topological polar surface area (TPSA) is 24.5 Å². The van der Waals surface area contributed by atoms with Crippen molar-refractivity contribution in [2.45, 2.75) is 32.3 Å². The van der Waals surface area contributed by atoms with Gasteiger partial charge >= 0.3 is 0 Å². The summed E-state index contributed by atoms with van der Waals surface area (Å²) in [4.78, 5) is 2.63. The van der Waals surface area contributed by atoms with Crippen LogP contribution in [0.15, 0.2) is 84.9 Å². The molecule has 0 radical (unpaired) electrons. The molecule has 1 aliphatic heterocycles. The summed E-state index contributed by atoms with van der Waals surface area (Å²) in [6.45, 7) is 5.28. The van der Waals surface area contributed by atoms with Gasteiger partial charge in [0.05, 0.1) is 0 Å². The second-order valence-corrected chi connectivity index (χ2v) is 8.55. The van der Waals surface area contributed by atoms with E-state index in [1.54, 1.807) is 0 Å². The number of nitrogens with one attached hydrogen (secondary N) is 1. The van der Waals surface area contributed by atoms with Crippen molar-refractivity contribution < 1.29 is 4.74 Å². The molecule has 3 aromatic rings. The third-order valence-electron chi connectivity index (χ3n) is 6.16. The first-order chi connectivity index (χ1) is 15.3. The first-order valence-corrected chi connectivity index (χ1v) is 11.6. The fourth-order valence-corrected chi connectivity index (χ4v) is 4.31. The fraction of sp³-hybridized carbons (Fsp3) is 0.357. The molecular weight excluding hydrogens is 451 g/mol. The molecule has 1 N–H and O–H groups in total. The number of rotatable bonds is 10. The third kappa shape index (κ3) is 9.29. The van der Waals surface area contributed by atoms with E-state index in [1.165, 1.54) is 56.4 Å². The van der Waals surface area contributed by atoms with Gasteiger partial charge in [-0.2, -0.15) is 0 Å². The molecule has 0 amide bonds. The Morgan fingerprint density at radius 3 is 2.00 bits per heavy atom. The molecule has 1 aliphatic rings. The van der Waals surface area contributed by atoms with Crippen molar-refractivity contribution in [3.8, 4) is 5.75 Å². The summed E-state index contributed by atoms with van der Waals surface area (Å²) in [7, 11) is 0. The van der Waals surface area contributed by atoms with Gasteiger partial charge in [-0.25, -0.2) is 0 Å². The zero-order valence-electron chi connectivity index (χ0n) is 19.2. The van der Waals surface area contributed by atoms with Gasteiger partial charge in [-0.1, -0.05) is 60.7 Å². The molecule has 0 unspecified atom stereocenters. The fourth-order valence-electron chi connectivity index (χ4n) is 4.31. The van der Waals surface area contributed by atoms with Crippen molar-refractivity contribution in [1.29, 1.82) is 0 Å². The van der Waals surface area contributed by atoms with Crippen LogP contribution in [0.4, 0.5) is 5.69 Å². The normalized spacial score (nSPS) is 14.1. The van der Waals surface area contributed by atoms with Gasteiger partial charge in [0.1, 0.15) is 12.4 Å². The van der Waals surface area contributed by atoms with Crippen molar-refractivity contribution in [3.05, 3.63) is 96.1 Å². The maximum absolute atomic E-state index is 5.86. The number of ether oxygens (including phenoxy) is 1. The number of likely N-dealkylation sites (tertiary alicyclic amines) is 1. The molecule has 5 heteroatoms. The molecule has 3 aromatic carbocycles. The van der Waals surface area contributed by atoms with Crippen LogP contribution in [-0.2, 0) is 13.0 Å². The van der Waals surface area contributed by atoms with Crippen molar-refractivity contribution in [1.82, 2.24) is 4.90 Å². The Kier molecular flexibility index (Phi) is 12.2. The minimum absolute atomic E-state index is 0. The molecule has 0 spiro atoms. The monoisotopic (exact) mass is 486 g/mol. The first kappa shape index (κ1) is 27.0. The Hall–Kier alpha value is -2.20. The van der Waals surface area contributed by atoms with Gasteiger partial charge in [0.15, 0.2) is 0 Å². The van der Waals surface area contributed by atoms with Gasteiger partial charge < -0.3 is 15.0 Å². The largest absolute Gasteiger partial charge is 0.489 e. The van der Waals surface area contributed by atoms with E-state index < -0.39 is 0 Å². The number of halogens is 2. The number of piperidine rings is 1. The molecule has 1 saturated heterocycles. The van der Waals surface area contributed by atoms with E-state index in [4.69, 9.17) is 4.74 Å². The number of hydrogen-bond acceptors (Lipinski definition) is 3. The van der Waals surface area contributed by atoms with Crippen molar-refractivity contribution in [3.63, 3.8) is 0 Å². The smallest absolute Gasteiger partial charge is 0.119 e. The average Bonchev–Trinajstić information content (AvgIpc) is 2.84. The van der Waals surface area contributed by atoms with Crippen LogP contribution in [0.1, 0.15) is 30.4 Å². The van der Waals surface area contributed by atoms with E-state index in [0.717, 1.165) is 23.9 Å². The van der Waals surface area contributed by atoms with Crippen LogP contribution in [0, 0.1) is 5.92 Å². The Balaban J connectivity index is 0.00000193. The van der Waals surface area contributed by atoms with Crippen LogP contribution in [0.5, 0.6) is 5.75 Å². The highest BCUT2D eigenvalue weighted by molar-refractivity contribution is 5.85. The highest BCUT2D eigenvalue weighted by Gasteiger charge is 2.18. The van der Waals surface area contributed by atoms with Crippen LogP contribution < -0.4 is 10.1 Å². The highest BCUT2D eigenvalue weighted by atomic mass is 35.5. The second-order valence-electron chi connectivity index (χ2n) is 8.55. The molecule has 0 aromatic heterocycles. The van der Waals surface area contributed by atoms with Gasteiger partial charge in [-0.15, -0.1) is 24.8 Å². The molecular formula is C28H36Cl2N2O. The van der Waals surface area contributed by atoms with Crippen LogP contribution in [0.25, 0.3) is 0 Å². The van der Waals surface area contributed by atoms with Gasteiger partial charge in [0, 0.05) is 12.2 Å². The molecule has 4 rings (SSSR count). The van der Waals surface area contributed by atoms with E-state index in [0.29, 0.717) is 6.61 Å². The number of benzene rings is 3. The Bertz CT molecular complexity index is 883. The molecule has 0 atom stereocenters. The molecule has 3 nitrogen and oxygen atoms in total.